The Labute approximate surface area is 342 Å². The molecule has 2 fully saturated rings. The van der Waals surface area contributed by atoms with Crippen LogP contribution in [0.2, 0.25) is 0 Å². The summed E-state index contributed by atoms with van der Waals surface area (Å²) in [6.07, 6.45) is -0.801. The number of fused-ring (bicyclic) bond motifs is 2. The van der Waals surface area contributed by atoms with Crippen molar-refractivity contribution in [3.8, 4) is 11.5 Å². The van der Waals surface area contributed by atoms with Crippen molar-refractivity contribution in [3.05, 3.63) is 71.1 Å². The summed E-state index contributed by atoms with van der Waals surface area (Å²) in [4.78, 5) is 63.7. The largest absolute Gasteiger partial charge is 1.00 e. The second kappa shape index (κ2) is 17.7. The molecule has 0 spiro atoms. The Morgan fingerprint density at radius 3 is 1.51 bits per heavy atom. The normalized spacial score (nSPS) is 22.2. The Kier molecular flexibility index (Phi) is 14.0. The number of carbonyl (C=O) groups is 5. The van der Waals surface area contributed by atoms with Crippen LogP contribution < -0.4 is 44.1 Å². The fraction of sp³-hybridized carbons (Fsp3) is 0.475. The first-order valence-corrected chi connectivity index (χ1v) is 18.0. The third kappa shape index (κ3) is 8.78. The van der Waals surface area contributed by atoms with Crippen LogP contribution in [0, 0.1) is 17.3 Å². The molecule has 2 aromatic rings. The number of hydrogen-bond acceptors (Lipinski definition) is 12. The minimum atomic E-state index is -1.37. The molecule has 15 heteroatoms. The van der Waals surface area contributed by atoms with E-state index in [9.17, 15) is 39.3 Å². The quantitative estimate of drug-likeness (QED) is 0.124. The molecule has 0 radical (unpaired) electrons. The molecule has 0 aromatic heterocycles. The monoisotopic (exact) mass is 770 g/mol. The minimum Gasteiger partial charge on any atom is -0.543 e. The Bertz CT molecular complexity index is 1850. The van der Waals surface area contributed by atoms with Gasteiger partial charge in [0.2, 0.25) is 18.6 Å². The standard InChI is InChI=1S/C23H29NO7.C17H19NO5.Na/c1-6-29-15-9-7-14(8-10-15)16-11-17-18(13(2)25)20(26)24(17)19(16)21(27)30-12-31-22(28)23(3,4)5;1-3-23-11-6-4-10(5-7-11)12-8-13-14(9(2)19)16(20)18(13)15(12)17(21)22;/h7-10,13,17-18,25H,6,11-12H2,1-5H3;4-7,9,13-14,19H,3,8H2,1-2H3,(H,21,22);/q;;+1/p-1/t13-,17-,18-;9-,13-,14-;/m11./s1. The number of amides is 2. The number of hydrogen-bond donors (Lipinski definition) is 2. The molecule has 55 heavy (non-hydrogen) atoms. The SMILES string of the molecule is CCOc1ccc(C2=C(C(=O)OCOC(=O)C(C)(C)C)N3C(=O)[C@H]([C@@H](C)O)[C@H]3C2)cc1.CCOc1ccc(C2=C(C(=O)[O-])N3C(=O)[C@H]([C@@H](C)O)[C@H]3C2)cc1.[Na+]. The van der Waals surface area contributed by atoms with Crippen LogP contribution in [0.3, 0.4) is 0 Å². The summed E-state index contributed by atoms with van der Waals surface area (Å²) in [5.74, 6) is -3.01. The van der Waals surface area contributed by atoms with Crippen LogP contribution in [0.1, 0.15) is 72.4 Å². The van der Waals surface area contributed by atoms with Gasteiger partial charge in [-0.1, -0.05) is 24.3 Å². The number of aliphatic hydroxyl groups is 2. The second-order valence-electron chi connectivity index (χ2n) is 14.6. The molecule has 2 saturated heterocycles. The van der Waals surface area contributed by atoms with E-state index in [1.54, 1.807) is 71.0 Å². The molecule has 0 aliphatic carbocycles. The molecule has 6 atom stereocenters. The number of aliphatic carboxylic acids is 1. The number of carboxylic acid groups (broad SMARTS) is 1. The number of β-lactam (4-membered cyclic amide) rings is 2. The summed E-state index contributed by atoms with van der Waals surface area (Å²) < 4.78 is 21.0. The van der Waals surface area contributed by atoms with Gasteiger partial charge in [0.25, 0.3) is 0 Å². The Morgan fingerprint density at radius 2 is 1.15 bits per heavy atom. The number of rotatable bonds is 12. The summed E-state index contributed by atoms with van der Waals surface area (Å²) in [5.41, 5.74) is 2.01. The maximum Gasteiger partial charge on any atom is 1.00 e. The number of carbonyl (C=O) groups excluding carboxylic acids is 5. The summed E-state index contributed by atoms with van der Waals surface area (Å²) in [6, 6.07) is 13.7. The number of benzene rings is 2. The van der Waals surface area contributed by atoms with Crippen molar-refractivity contribution in [3.63, 3.8) is 0 Å². The molecule has 2 aromatic carbocycles. The van der Waals surface area contributed by atoms with Crippen LogP contribution >= 0.6 is 0 Å². The van der Waals surface area contributed by atoms with E-state index in [1.165, 1.54) is 9.80 Å². The topological polar surface area (TPSA) is 192 Å². The Balaban J connectivity index is 0.000000250. The molecule has 2 N–H and O–H groups in total. The molecule has 6 rings (SSSR count). The van der Waals surface area contributed by atoms with Crippen LogP contribution in [-0.2, 0) is 33.4 Å². The van der Waals surface area contributed by atoms with Gasteiger partial charge in [0.15, 0.2) is 0 Å². The van der Waals surface area contributed by atoms with Crippen LogP contribution in [-0.4, -0.2) is 94.0 Å². The fourth-order valence-corrected chi connectivity index (χ4v) is 7.29. The Hall–Kier alpha value is -4.21. The van der Waals surface area contributed by atoms with Gasteiger partial charge in [-0.25, -0.2) is 4.79 Å². The first-order chi connectivity index (χ1) is 25.5. The number of carboxylic acids is 1. The number of esters is 2. The third-order valence-electron chi connectivity index (χ3n) is 9.86. The molecule has 0 bridgehead atoms. The van der Waals surface area contributed by atoms with Gasteiger partial charge in [0.05, 0.1) is 66.4 Å². The number of nitrogens with zero attached hydrogens (tertiary/aromatic N) is 2. The molecule has 4 aliphatic heterocycles. The van der Waals surface area contributed by atoms with Gasteiger partial charge in [-0.3, -0.25) is 14.4 Å². The van der Waals surface area contributed by atoms with Crippen molar-refractivity contribution in [2.45, 2.75) is 85.6 Å². The van der Waals surface area contributed by atoms with Gasteiger partial charge in [0.1, 0.15) is 17.2 Å². The first-order valence-electron chi connectivity index (χ1n) is 18.0. The molecule has 0 unspecified atom stereocenters. The average Bonchev–Trinajstić information content (AvgIpc) is 3.63. The van der Waals surface area contributed by atoms with Crippen LogP contribution in [0.25, 0.3) is 11.1 Å². The predicted octanol–water partition coefficient (Wildman–Crippen LogP) is -0.340. The van der Waals surface area contributed by atoms with E-state index in [4.69, 9.17) is 18.9 Å². The van der Waals surface area contributed by atoms with Crippen molar-refractivity contribution >= 4 is 40.9 Å². The minimum absolute atomic E-state index is 0. The van der Waals surface area contributed by atoms with Gasteiger partial charge in [-0.2, -0.15) is 0 Å². The first kappa shape index (κ1) is 43.5. The zero-order chi connectivity index (χ0) is 39.6. The van der Waals surface area contributed by atoms with E-state index in [1.807, 2.05) is 26.0 Å². The van der Waals surface area contributed by atoms with E-state index in [0.29, 0.717) is 48.7 Å². The summed E-state index contributed by atoms with van der Waals surface area (Å²) in [6.45, 7) is 12.5. The maximum atomic E-state index is 12.9. The zero-order valence-corrected chi connectivity index (χ0v) is 34.5. The van der Waals surface area contributed by atoms with Gasteiger partial charge in [-0.15, -0.1) is 0 Å². The average molecular weight is 771 g/mol. The fourth-order valence-electron chi connectivity index (χ4n) is 7.29. The van der Waals surface area contributed by atoms with Crippen molar-refractivity contribution in [2.75, 3.05) is 20.0 Å². The van der Waals surface area contributed by atoms with Crippen LogP contribution in [0.4, 0.5) is 0 Å². The van der Waals surface area contributed by atoms with Gasteiger partial charge in [0, 0.05) is 0 Å². The Morgan fingerprint density at radius 1 is 0.745 bits per heavy atom. The van der Waals surface area contributed by atoms with E-state index in [-0.39, 0.29) is 64.8 Å². The van der Waals surface area contributed by atoms with Crippen LogP contribution in [0.15, 0.2) is 59.9 Å². The van der Waals surface area contributed by atoms with Crippen molar-refractivity contribution < 1.29 is 87.8 Å². The molecule has 290 valence electrons. The molecular weight excluding hydrogens is 723 g/mol. The molecular formula is C40H47N2NaO12. The third-order valence-corrected chi connectivity index (χ3v) is 9.86. The molecule has 4 aliphatic rings. The zero-order valence-electron chi connectivity index (χ0n) is 32.5. The van der Waals surface area contributed by atoms with E-state index in [0.717, 1.165) is 11.1 Å². The molecule has 14 nitrogen and oxygen atoms in total. The maximum absolute atomic E-state index is 12.9. The molecule has 0 saturated carbocycles. The van der Waals surface area contributed by atoms with Crippen LogP contribution in [0.5, 0.6) is 11.5 Å². The van der Waals surface area contributed by atoms with E-state index >= 15 is 0 Å². The van der Waals surface area contributed by atoms with Gasteiger partial charge >= 0.3 is 41.5 Å². The second-order valence-corrected chi connectivity index (χ2v) is 14.6. The van der Waals surface area contributed by atoms with Gasteiger partial charge < -0.3 is 48.9 Å². The summed E-state index contributed by atoms with van der Waals surface area (Å²) in [7, 11) is 0. The molecule has 4 heterocycles. The smallest absolute Gasteiger partial charge is 0.543 e. The predicted molar refractivity (Wildman–Crippen MR) is 191 cm³/mol. The van der Waals surface area contributed by atoms with Crippen molar-refractivity contribution in [2.24, 2.45) is 17.3 Å². The number of ether oxygens (including phenoxy) is 4. The van der Waals surface area contributed by atoms with Gasteiger partial charge in [-0.05, 0) is 108 Å². The summed E-state index contributed by atoms with van der Waals surface area (Å²) in [5, 5.41) is 31.2. The van der Waals surface area contributed by atoms with Crippen molar-refractivity contribution in [1.29, 1.82) is 0 Å². The van der Waals surface area contributed by atoms with E-state index in [2.05, 4.69) is 0 Å². The number of aliphatic hydroxyl groups excluding tert-OH is 2. The summed E-state index contributed by atoms with van der Waals surface area (Å²) >= 11 is 0. The molecule has 2 amide bonds. The van der Waals surface area contributed by atoms with E-state index < -0.39 is 54.2 Å². The van der Waals surface area contributed by atoms with Crippen molar-refractivity contribution in [1.82, 2.24) is 9.80 Å².